The van der Waals surface area contributed by atoms with Crippen molar-refractivity contribution >= 4 is 5.91 Å². The molecular formula is C34H41NO. The van der Waals surface area contributed by atoms with Gasteiger partial charge in [-0.25, -0.2) is 0 Å². The monoisotopic (exact) mass is 479 g/mol. The number of hydrogen-bond donors (Lipinski definition) is 0. The van der Waals surface area contributed by atoms with Gasteiger partial charge in [-0.1, -0.05) is 143 Å². The Kier molecular flexibility index (Phi) is 9.55. The maximum absolute atomic E-state index is 14.0. The summed E-state index contributed by atoms with van der Waals surface area (Å²) in [4.78, 5) is 16.2. The number of likely N-dealkylation sites (tertiary alicyclic amines) is 1. The van der Waals surface area contributed by atoms with Crippen LogP contribution in [0.15, 0.2) is 103 Å². The van der Waals surface area contributed by atoms with E-state index in [9.17, 15) is 4.79 Å². The van der Waals surface area contributed by atoms with Gasteiger partial charge in [0.15, 0.2) is 0 Å². The highest BCUT2D eigenvalue weighted by atomic mass is 16.2. The van der Waals surface area contributed by atoms with Crippen molar-refractivity contribution in [1.82, 2.24) is 4.90 Å². The standard InChI is InChI=1S/C34H41NO/c1-3-4-5-9-18-29(28-16-10-6-11-17-28)24-23-27(2)34(36)35-32(30-19-12-7-13-20-30)25-26-33(35)31-21-14-8-15-22-31/h6-8,10-17,19-24,27,29,32-33H,3-5,9,18,25-26H2,1-2H3/b24-23-/t27-,29-,32+,33+/m1/s1. The molecule has 1 fully saturated rings. The van der Waals surface area contributed by atoms with Crippen LogP contribution in [0.3, 0.4) is 0 Å². The SMILES string of the molecule is CCCCCC[C@H](/C=C\[C@@H](C)C(=O)N1[C@H](c2ccccc2)CC[C@H]1c1ccccc1)c1ccccc1. The molecule has 1 aliphatic rings. The van der Waals surface area contributed by atoms with Gasteiger partial charge in [-0.2, -0.15) is 0 Å². The lowest BCUT2D eigenvalue weighted by Crippen LogP contribution is -2.36. The highest BCUT2D eigenvalue weighted by Gasteiger charge is 2.39. The Morgan fingerprint density at radius 2 is 1.31 bits per heavy atom. The van der Waals surface area contributed by atoms with E-state index in [0.29, 0.717) is 5.92 Å². The van der Waals surface area contributed by atoms with Crippen LogP contribution in [0.25, 0.3) is 0 Å². The number of nitrogens with zero attached hydrogens (tertiary/aromatic N) is 1. The number of allylic oxidation sites excluding steroid dienone is 1. The summed E-state index contributed by atoms with van der Waals surface area (Å²) in [7, 11) is 0. The summed E-state index contributed by atoms with van der Waals surface area (Å²) in [6.07, 6.45) is 12.6. The zero-order valence-corrected chi connectivity index (χ0v) is 21.9. The van der Waals surface area contributed by atoms with Gasteiger partial charge in [0.1, 0.15) is 0 Å². The van der Waals surface area contributed by atoms with E-state index in [1.807, 2.05) is 0 Å². The van der Waals surface area contributed by atoms with E-state index in [2.05, 4.69) is 122 Å². The van der Waals surface area contributed by atoms with E-state index in [4.69, 9.17) is 0 Å². The maximum Gasteiger partial charge on any atom is 0.230 e. The summed E-state index contributed by atoms with van der Waals surface area (Å²) in [6, 6.07) is 32.1. The summed E-state index contributed by atoms with van der Waals surface area (Å²) < 4.78 is 0. The zero-order valence-electron chi connectivity index (χ0n) is 21.9. The van der Waals surface area contributed by atoms with E-state index in [0.717, 1.165) is 19.3 Å². The largest absolute Gasteiger partial charge is 0.328 e. The number of carbonyl (C=O) groups excluding carboxylic acids is 1. The highest BCUT2D eigenvalue weighted by molar-refractivity contribution is 5.81. The van der Waals surface area contributed by atoms with Crippen LogP contribution in [-0.2, 0) is 4.79 Å². The second-order valence-corrected chi connectivity index (χ2v) is 10.2. The topological polar surface area (TPSA) is 20.3 Å². The molecule has 1 heterocycles. The van der Waals surface area contributed by atoms with Gasteiger partial charge in [-0.15, -0.1) is 0 Å². The van der Waals surface area contributed by atoms with E-state index < -0.39 is 0 Å². The summed E-state index contributed by atoms with van der Waals surface area (Å²) >= 11 is 0. The van der Waals surface area contributed by atoms with Gasteiger partial charge in [0.25, 0.3) is 0 Å². The Hall–Kier alpha value is -3.13. The Morgan fingerprint density at radius 3 is 1.83 bits per heavy atom. The predicted molar refractivity (Wildman–Crippen MR) is 151 cm³/mol. The lowest BCUT2D eigenvalue weighted by molar-refractivity contribution is -0.136. The molecule has 0 unspecified atom stereocenters. The van der Waals surface area contributed by atoms with E-state index in [-0.39, 0.29) is 23.9 Å². The molecule has 0 aliphatic carbocycles. The first-order chi connectivity index (χ1) is 17.7. The van der Waals surface area contributed by atoms with Crippen molar-refractivity contribution < 1.29 is 4.79 Å². The molecule has 0 saturated carbocycles. The first kappa shape index (κ1) is 25.9. The van der Waals surface area contributed by atoms with Crippen LogP contribution in [0.1, 0.15) is 93.5 Å². The zero-order chi connectivity index (χ0) is 25.2. The minimum atomic E-state index is -0.164. The molecule has 0 radical (unpaired) electrons. The first-order valence-corrected chi connectivity index (χ1v) is 13.8. The maximum atomic E-state index is 14.0. The summed E-state index contributed by atoms with van der Waals surface area (Å²) in [5.41, 5.74) is 3.81. The molecule has 2 heteroatoms. The second kappa shape index (κ2) is 13.3. The van der Waals surface area contributed by atoms with E-state index >= 15 is 0 Å². The van der Waals surface area contributed by atoms with Crippen LogP contribution in [0.2, 0.25) is 0 Å². The molecule has 1 saturated heterocycles. The van der Waals surface area contributed by atoms with Gasteiger partial charge in [0.2, 0.25) is 5.91 Å². The second-order valence-electron chi connectivity index (χ2n) is 10.2. The van der Waals surface area contributed by atoms with Crippen LogP contribution in [0, 0.1) is 5.92 Å². The van der Waals surface area contributed by atoms with Crippen molar-refractivity contribution in [2.45, 2.75) is 76.8 Å². The van der Waals surface area contributed by atoms with Crippen molar-refractivity contribution in [3.63, 3.8) is 0 Å². The molecule has 3 aromatic carbocycles. The number of unbranched alkanes of at least 4 members (excludes halogenated alkanes) is 3. The van der Waals surface area contributed by atoms with Crippen molar-refractivity contribution in [1.29, 1.82) is 0 Å². The fraction of sp³-hybridized carbons (Fsp3) is 0.382. The molecule has 1 amide bonds. The molecule has 3 aromatic rings. The molecule has 0 N–H and O–H groups in total. The van der Waals surface area contributed by atoms with E-state index in [1.165, 1.54) is 42.4 Å². The molecule has 36 heavy (non-hydrogen) atoms. The Labute approximate surface area is 218 Å². The van der Waals surface area contributed by atoms with Gasteiger partial charge in [-0.3, -0.25) is 4.79 Å². The quantitative estimate of drug-likeness (QED) is 0.198. The summed E-state index contributed by atoms with van der Waals surface area (Å²) in [5.74, 6) is 0.415. The molecule has 2 nitrogen and oxygen atoms in total. The predicted octanol–water partition coefficient (Wildman–Crippen LogP) is 9.04. The van der Waals surface area contributed by atoms with Crippen LogP contribution >= 0.6 is 0 Å². The average molecular weight is 480 g/mol. The Morgan fingerprint density at radius 1 is 0.778 bits per heavy atom. The summed E-state index contributed by atoms with van der Waals surface area (Å²) in [6.45, 7) is 4.33. The normalized spacial score (nSPS) is 19.4. The molecule has 1 aliphatic heterocycles. The van der Waals surface area contributed by atoms with Gasteiger partial charge < -0.3 is 4.90 Å². The van der Waals surface area contributed by atoms with Crippen LogP contribution in [0.5, 0.6) is 0 Å². The molecule has 4 rings (SSSR count). The molecule has 188 valence electrons. The minimum absolute atomic E-state index is 0.124. The molecule has 4 atom stereocenters. The molecular weight excluding hydrogens is 438 g/mol. The van der Waals surface area contributed by atoms with Crippen molar-refractivity contribution in [3.8, 4) is 0 Å². The third-order valence-corrected chi connectivity index (χ3v) is 7.63. The number of hydrogen-bond acceptors (Lipinski definition) is 1. The van der Waals surface area contributed by atoms with E-state index in [1.54, 1.807) is 0 Å². The lowest BCUT2D eigenvalue weighted by Gasteiger charge is -2.33. The molecule has 0 spiro atoms. The number of amides is 1. The average Bonchev–Trinajstić information content (AvgIpc) is 3.39. The Balaban J connectivity index is 1.55. The highest BCUT2D eigenvalue weighted by Crippen LogP contribution is 2.44. The van der Waals surface area contributed by atoms with Gasteiger partial charge >= 0.3 is 0 Å². The fourth-order valence-electron chi connectivity index (χ4n) is 5.61. The smallest absolute Gasteiger partial charge is 0.230 e. The third kappa shape index (κ3) is 6.55. The van der Waals surface area contributed by atoms with Crippen LogP contribution < -0.4 is 0 Å². The number of rotatable bonds is 11. The number of benzene rings is 3. The third-order valence-electron chi connectivity index (χ3n) is 7.63. The molecule has 0 aromatic heterocycles. The fourth-order valence-corrected chi connectivity index (χ4v) is 5.61. The van der Waals surface area contributed by atoms with Crippen molar-refractivity contribution in [2.24, 2.45) is 5.92 Å². The van der Waals surface area contributed by atoms with Crippen LogP contribution in [-0.4, -0.2) is 10.8 Å². The van der Waals surface area contributed by atoms with Gasteiger partial charge in [0.05, 0.1) is 18.0 Å². The lowest BCUT2D eigenvalue weighted by atomic mass is 9.91. The van der Waals surface area contributed by atoms with Gasteiger partial charge in [-0.05, 0) is 36.0 Å². The summed E-state index contributed by atoms with van der Waals surface area (Å²) in [5, 5.41) is 0. The van der Waals surface area contributed by atoms with Gasteiger partial charge in [0, 0.05) is 5.92 Å². The Bertz CT molecular complexity index is 1030. The minimum Gasteiger partial charge on any atom is -0.328 e. The first-order valence-electron chi connectivity index (χ1n) is 13.8. The van der Waals surface area contributed by atoms with Crippen molar-refractivity contribution in [2.75, 3.05) is 0 Å². The van der Waals surface area contributed by atoms with Crippen LogP contribution in [0.4, 0.5) is 0 Å². The number of carbonyl (C=O) groups is 1. The molecule has 0 bridgehead atoms. The van der Waals surface area contributed by atoms with Crippen molar-refractivity contribution in [3.05, 3.63) is 120 Å².